The van der Waals surface area contributed by atoms with E-state index in [1.54, 1.807) is 0 Å². The number of halogens is 25. The summed E-state index contributed by atoms with van der Waals surface area (Å²) < 4.78 is 328. The van der Waals surface area contributed by atoms with Gasteiger partial charge in [0.05, 0.1) is 0 Å². The van der Waals surface area contributed by atoms with Gasteiger partial charge in [0, 0.05) is 0 Å². The van der Waals surface area contributed by atoms with Crippen LogP contribution in [0.25, 0.3) is 0 Å². The van der Waals surface area contributed by atoms with E-state index in [1.807, 2.05) is 0 Å². The Morgan fingerprint density at radius 3 is 1.02 bits per heavy atom. The van der Waals surface area contributed by atoms with E-state index in [4.69, 9.17) is 5.11 Å². The summed E-state index contributed by atoms with van der Waals surface area (Å²) in [6, 6.07) is -7.93. The summed E-state index contributed by atoms with van der Waals surface area (Å²) in [6.45, 7) is -4.17. The Hall–Kier alpha value is -1.95. The first-order valence-electron chi connectivity index (χ1n) is 8.78. The highest BCUT2D eigenvalue weighted by Gasteiger charge is 2.88. The summed E-state index contributed by atoms with van der Waals surface area (Å²) in [4.78, 5) is 0. The lowest BCUT2D eigenvalue weighted by Gasteiger charge is -2.42. The van der Waals surface area contributed by atoms with Crippen molar-refractivity contribution in [2.45, 2.75) is 72.8 Å². The van der Waals surface area contributed by atoms with Gasteiger partial charge in [-0.2, -0.15) is 92.2 Å². The molecule has 2 unspecified atom stereocenters. The van der Waals surface area contributed by atoms with Gasteiger partial charge in [0.2, 0.25) is 0 Å². The maximum atomic E-state index is 14.0. The van der Waals surface area contributed by atoms with Crippen molar-refractivity contribution in [3.63, 3.8) is 0 Å². The van der Waals surface area contributed by atoms with Crippen LogP contribution < -0.4 is 0 Å². The van der Waals surface area contributed by atoms with E-state index in [-0.39, 0.29) is 0 Å². The molecule has 0 aromatic carbocycles. The fourth-order valence-corrected chi connectivity index (χ4v) is 1.86. The van der Waals surface area contributed by atoms with Crippen molar-refractivity contribution >= 4 is 0 Å². The lowest BCUT2D eigenvalue weighted by atomic mass is 9.97. The van der Waals surface area contributed by atoms with E-state index >= 15 is 0 Å². The molecule has 0 saturated heterocycles. The molecule has 0 radical (unpaired) electrons. The zero-order valence-corrected chi connectivity index (χ0v) is 18.2. The maximum Gasteiger partial charge on any atom is 0.527 e. The van der Waals surface area contributed by atoms with Crippen LogP contribution in [0.4, 0.5) is 110 Å². The molecule has 5 nitrogen and oxygen atoms in total. The molecule has 1 N–H and O–H groups in total. The van der Waals surface area contributed by atoms with Gasteiger partial charge in [-0.1, -0.05) is 0 Å². The molecular weight excluding hydrogens is 711 g/mol. The molecule has 0 heterocycles. The van der Waals surface area contributed by atoms with Gasteiger partial charge in [0.15, 0.2) is 0 Å². The van der Waals surface area contributed by atoms with Crippen LogP contribution >= 0.6 is 0 Å². The lowest BCUT2D eigenvalue weighted by Crippen LogP contribution is -2.71. The minimum Gasteiger partial charge on any atom is -0.390 e. The van der Waals surface area contributed by atoms with E-state index < -0.39 is 79.4 Å². The highest BCUT2D eigenvalue weighted by molar-refractivity contribution is 5.07. The minimum atomic E-state index is -8.49. The molecule has 0 spiro atoms. The highest BCUT2D eigenvalue weighted by Crippen LogP contribution is 2.59. The molecule has 2 atom stereocenters. The Bertz CT molecular complexity index is 966. The van der Waals surface area contributed by atoms with Crippen molar-refractivity contribution in [1.82, 2.24) is 0 Å². The SMILES string of the molecule is OCC(F)(OC(F)(F)C(F)(F)OC(F)(F)C(F)(OC(F)(F)F)OC(F)(F)C(F)(F)F)C(F)(F)C(F)(F)C(F)(F)C(F)(F)F. The monoisotopic (exact) mass is 714 g/mol. The summed E-state index contributed by atoms with van der Waals surface area (Å²) in [5, 5.41) is 8.25. The number of hydrogen-bond donors (Lipinski definition) is 1. The second-order valence-corrected chi connectivity index (χ2v) is 7.06. The van der Waals surface area contributed by atoms with Gasteiger partial charge in [-0.3, -0.25) is 4.74 Å². The van der Waals surface area contributed by atoms with E-state index in [1.165, 1.54) is 18.9 Å². The van der Waals surface area contributed by atoms with Crippen LogP contribution in [0.15, 0.2) is 0 Å². The average molecular weight is 714 g/mol. The molecule has 0 aromatic heterocycles. The number of aliphatic hydroxyl groups excluding tert-OH is 1. The van der Waals surface area contributed by atoms with Gasteiger partial charge in [-0.25, -0.2) is 18.6 Å². The summed E-state index contributed by atoms with van der Waals surface area (Å²) in [5.74, 6) is -32.6. The molecule has 43 heavy (non-hydrogen) atoms. The molecule has 0 aliphatic carbocycles. The quantitative estimate of drug-likeness (QED) is 0.161. The number of ether oxygens (including phenoxy) is 4. The number of alkyl halides is 25. The third kappa shape index (κ3) is 7.48. The molecule has 0 rings (SSSR count). The Kier molecular flexibility index (Phi) is 10.4. The number of hydrogen-bond acceptors (Lipinski definition) is 5. The second kappa shape index (κ2) is 10.8. The van der Waals surface area contributed by atoms with Gasteiger partial charge in [0.25, 0.3) is 0 Å². The average Bonchev–Trinajstić information content (AvgIpc) is 2.68. The topological polar surface area (TPSA) is 57.2 Å². The third-order valence-electron chi connectivity index (χ3n) is 3.89. The first-order valence-corrected chi connectivity index (χ1v) is 8.78. The van der Waals surface area contributed by atoms with Gasteiger partial charge in [-0.05, 0) is 0 Å². The summed E-state index contributed by atoms with van der Waals surface area (Å²) >= 11 is 0. The molecule has 0 saturated carbocycles. The maximum absolute atomic E-state index is 14.0. The largest absolute Gasteiger partial charge is 0.527 e. The van der Waals surface area contributed by atoms with Crippen LogP contribution in [0.5, 0.6) is 0 Å². The molecule has 260 valence electrons. The van der Waals surface area contributed by atoms with Crippen molar-refractivity contribution in [2.24, 2.45) is 0 Å². The molecule has 30 heteroatoms. The lowest BCUT2D eigenvalue weighted by molar-refractivity contribution is -0.608. The fraction of sp³-hybridized carbons (Fsp3) is 1.00. The predicted octanol–water partition coefficient (Wildman–Crippen LogP) is 7.26. The van der Waals surface area contributed by atoms with Gasteiger partial charge in [-0.15, -0.1) is 13.2 Å². The fourth-order valence-electron chi connectivity index (χ4n) is 1.86. The van der Waals surface area contributed by atoms with E-state index in [9.17, 15) is 110 Å². The zero-order valence-electron chi connectivity index (χ0n) is 18.2. The van der Waals surface area contributed by atoms with Crippen molar-refractivity contribution in [2.75, 3.05) is 6.61 Å². The van der Waals surface area contributed by atoms with Crippen molar-refractivity contribution < 1.29 is 134 Å². The molecule has 0 bridgehead atoms. The molecular formula is C13H3F25O5. The highest BCUT2D eigenvalue weighted by atomic mass is 19.4. The van der Waals surface area contributed by atoms with Gasteiger partial charge >= 0.3 is 72.8 Å². The Balaban J connectivity index is 6.86. The molecule has 0 aliphatic rings. The van der Waals surface area contributed by atoms with E-state index in [0.29, 0.717) is 0 Å². The van der Waals surface area contributed by atoms with Crippen molar-refractivity contribution in [1.29, 1.82) is 0 Å². The predicted molar refractivity (Wildman–Crippen MR) is 71.9 cm³/mol. The Morgan fingerprint density at radius 2 is 0.721 bits per heavy atom. The Morgan fingerprint density at radius 1 is 0.349 bits per heavy atom. The molecule has 0 aromatic rings. The third-order valence-corrected chi connectivity index (χ3v) is 3.89. The second-order valence-electron chi connectivity index (χ2n) is 7.06. The molecule has 0 amide bonds. The van der Waals surface area contributed by atoms with Gasteiger partial charge in [0.1, 0.15) is 6.61 Å². The van der Waals surface area contributed by atoms with Crippen LogP contribution in [-0.2, 0) is 18.9 Å². The van der Waals surface area contributed by atoms with Crippen LogP contribution in [0.2, 0.25) is 0 Å². The summed E-state index contributed by atoms with van der Waals surface area (Å²) in [7, 11) is 0. The standard InChI is InChI=1S/C13H3F25O5/c14-2(1-39,3(15,16)4(17,18)5(19,20)6(21,22)23)40-9(29,30)10(31,32)41-11(33,34)12(35,43-13(36,37)38)42-8(27,28)7(24,25)26/h39H,1H2. The number of rotatable bonds is 13. The first kappa shape index (κ1) is 41.0. The summed E-state index contributed by atoms with van der Waals surface area (Å²) in [6.07, 6.45) is -55.3. The van der Waals surface area contributed by atoms with Gasteiger partial charge < -0.3 is 5.11 Å². The summed E-state index contributed by atoms with van der Waals surface area (Å²) in [5.41, 5.74) is 0. The molecule has 0 fully saturated rings. The minimum absolute atomic E-state index is 1.19. The van der Waals surface area contributed by atoms with Crippen LogP contribution in [0.1, 0.15) is 0 Å². The van der Waals surface area contributed by atoms with Crippen LogP contribution in [0, 0.1) is 0 Å². The first-order chi connectivity index (χ1) is 18.1. The van der Waals surface area contributed by atoms with Crippen LogP contribution in [0.3, 0.4) is 0 Å². The Labute approximate surface area is 215 Å². The van der Waals surface area contributed by atoms with Crippen molar-refractivity contribution in [3.05, 3.63) is 0 Å². The number of aliphatic hydroxyl groups is 1. The molecule has 0 aliphatic heterocycles. The smallest absolute Gasteiger partial charge is 0.390 e. The normalized spacial score (nSPS) is 18.8. The zero-order chi connectivity index (χ0) is 35.5. The van der Waals surface area contributed by atoms with Crippen LogP contribution in [-0.4, -0.2) is 84.5 Å². The van der Waals surface area contributed by atoms with E-state index in [2.05, 4.69) is 0 Å². The van der Waals surface area contributed by atoms with Crippen molar-refractivity contribution in [3.8, 4) is 0 Å². The van der Waals surface area contributed by atoms with E-state index in [0.717, 1.165) is 0 Å².